The van der Waals surface area contributed by atoms with E-state index in [2.05, 4.69) is 20.8 Å². The highest BCUT2D eigenvalue weighted by Crippen LogP contribution is 2.23. The maximum Gasteiger partial charge on any atom is 0.306 e. The van der Waals surface area contributed by atoms with E-state index in [1.807, 2.05) is 0 Å². The summed E-state index contributed by atoms with van der Waals surface area (Å²) in [5.74, 6) is -1.04. The van der Waals surface area contributed by atoms with Gasteiger partial charge in [-0.2, -0.15) is 0 Å². The number of carbonyl (C=O) groups excluding carboxylic acids is 3. The minimum Gasteiger partial charge on any atom is -0.463 e. The lowest BCUT2D eigenvalue weighted by molar-refractivity contribution is -0.170. The molecule has 0 bridgehead atoms. The van der Waals surface area contributed by atoms with Crippen LogP contribution in [-0.2, 0) is 38.1 Å². The fourth-order valence-electron chi connectivity index (χ4n) is 10.9. The highest BCUT2D eigenvalue weighted by molar-refractivity contribution is 5.70. The molecule has 2 saturated heterocycles. The van der Waals surface area contributed by atoms with Gasteiger partial charge in [0.15, 0.2) is 6.10 Å². The summed E-state index contributed by atoms with van der Waals surface area (Å²) in [7, 11) is 0. The van der Waals surface area contributed by atoms with E-state index < -0.39 is 48.8 Å². The third kappa shape index (κ3) is 44.3. The number of rotatable bonds is 55. The SMILES string of the molecule is CCCCCCCCCCCCCCCCCC(=O)OCC(O)[C@H]1OC[C@@H](O)[C@@H]1O.CCCCCCCCCCCCCCCCCC(=O)OCC(OC(=O)CCCCCCCCCCCCCCCCC)[C@H]1OC[C@@H](O)[C@@H]1O. The number of ether oxygens (including phenoxy) is 5. The van der Waals surface area contributed by atoms with Crippen molar-refractivity contribution in [2.45, 2.75) is 378 Å². The molecule has 79 heavy (non-hydrogen) atoms. The number of aliphatic hydroxyl groups is 5. The average molecular weight is 1130 g/mol. The van der Waals surface area contributed by atoms with Gasteiger partial charge in [-0.1, -0.05) is 290 Å². The molecule has 0 saturated carbocycles. The first-order valence-electron chi connectivity index (χ1n) is 33.7. The van der Waals surface area contributed by atoms with Gasteiger partial charge in [-0.3, -0.25) is 14.4 Å². The van der Waals surface area contributed by atoms with Gasteiger partial charge in [0.2, 0.25) is 0 Å². The van der Waals surface area contributed by atoms with Crippen LogP contribution in [0.15, 0.2) is 0 Å². The molecule has 13 nitrogen and oxygen atoms in total. The van der Waals surface area contributed by atoms with Gasteiger partial charge in [0, 0.05) is 19.3 Å². The number of unbranched alkanes of at least 4 members (excludes halogenated alkanes) is 42. The van der Waals surface area contributed by atoms with Crippen LogP contribution in [0.5, 0.6) is 0 Å². The van der Waals surface area contributed by atoms with E-state index in [4.69, 9.17) is 23.7 Å². The standard InChI is InChI=1S/C42H80O7.C24H46O6/c1-3-5-7-9-11-13-15-17-19-21-23-25-27-29-31-33-39(44)47-36-38(42-41(46)37(43)35-48-42)49-40(45)34-32-30-28-26-24-22-20-18-16-14-12-10-8-6-4-2;1-2-3-4-5-6-7-8-9-10-11-12-13-14-15-16-17-22(27)29-19-21(26)24-23(28)20(25)18-30-24/h37-38,41-43,46H,3-36H2,1-2H3;20-21,23-26,28H,2-19H2,1H3/t37-,38?,41+,42-;20-,21?,23+,24-/m11/s1. The van der Waals surface area contributed by atoms with Gasteiger partial charge >= 0.3 is 17.9 Å². The van der Waals surface area contributed by atoms with Crippen LogP contribution < -0.4 is 0 Å². The van der Waals surface area contributed by atoms with Crippen LogP contribution in [0.1, 0.15) is 329 Å². The fraction of sp³-hybridized carbons (Fsp3) is 0.955. The van der Waals surface area contributed by atoms with E-state index in [-0.39, 0.29) is 50.8 Å². The molecule has 0 radical (unpaired) electrons. The van der Waals surface area contributed by atoms with E-state index in [9.17, 15) is 39.9 Å². The Bertz CT molecular complexity index is 1350. The minimum absolute atomic E-state index is 0.0179. The molecule has 2 rings (SSSR count). The molecule has 0 aromatic carbocycles. The normalized spacial score (nSPS) is 19.7. The summed E-state index contributed by atoms with van der Waals surface area (Å²) in [4.78, 5) is 36.8. The van der Waals surface area contributed by atoms with Gasteiger partial charge in [-0.15, -0.1) is 0 Å². The van der Waals surface area contributed by atoms with Gasteiger partial charge in [-0.25, -0.2) is 0 Å². The lowest BCUT2D eigenvalue weighted by atomic mass is 10.0. The van der Waals surface area contributed by atoms with Crippen LogP contribution in [0.4, 0.5) is 0 Å². The summed E-state index contributed by atoms with van der Waals surface area (Å²) in [5.41, 5.74) is 0. The van der Waals surface area contributed by atoms with Crippen molar-refractivity contribution in [1.29, 1.82) is 0 Å². The van der Waals surface area contributed by atoms with Crippen molar-refractivity contribution in [3.05, 3.63) is 0 Å². The Morgan fingerprint density at radius 1 is 0.354 bits per heavy atom. The van der Waals surface area contributed by atoms with Crippen LogP contribution in [0, 0.1) is 0 Å². The molecule has 0 aromatic rings. The van der Waals surface area contributed by atoms with Crippen molar-refractivity contribution in [2.75, 3.05) is 26.4 Å². The van der Waals surface area contributed by atoms with Crippen molar-refractivity contribution in [1.82, 2.24) is 0 Å². The van der Waals surface area contributed by atoms with E-state index in [1.165, 1.54) is 231 Å². The number of esters is 3. The van der Waals surface area contributed by atoms with E-state index in [0.29, 0.717) is 12.8 Å². The predicted molar refractivity (Wildman–Crippen MR) is 320 cm³/mol. The quantitative estimate of drug-likeness (QED) is 0.0219. The van der Waals surface area contributed by atoms with Crippen molar-refractivity contribution in [3.8, 4) is 0 Å². The van der Waals surface area contributed by atoms with E-state index >= 15 is 0 Å². The lowest BCUT2D eigenvalue weighted by Gasteiger charge is -2.25. The molecule has 13 heteroatoms. The zero-order chi connectivity index (χ0) is 57.7. The Labute approximate surface area is 483 Å². The Morgan fingerprint density at radius 3 is 0.861 bits per heavy atom. The van der Waals surface area contributed by atoms with Gasteiger partial charge in [0.25, 0.3) is 0 Å². The summed E-state index contributed by atoms with van der Waals surface area (Å²) in [5, 5.41) is 49.3. The first kappa shape index (κ1) is 75.1. The molecule has 0 amide bonds. The number of hydrogen-bond donors (Lipinski definition) is 5. The maximum absolute atomic E-state index is 12.6. The van der Waals surface area contributed by atoms with E-state index in [1.54, 1.807) is 0 Å². The molecule has 0 aliphatic carbocycles. The van der Waals surface area contributed by atoms with Crippen molar-refractivity contribution < 1.29 is 63.6 Å². The monoisotopic (exact) mass is 1130 g/mol. The van der Waals surface area contributed by atoms with Crippen LogP contribution in [0.25, 0.3) is 0 Å². The van der Waals surface area contributed by atoms with Crippen molar-refractivity contribution in [2.24, 2.45) is 0 Å². The summed E-state index contributed by atoms with van der Waals surface area (Å²) >= 11 is 0. The second-order valence-corrected chi connectivity index (χ2v) is 23.8. The number of hydrogen-bond acceptors (Lipinski definition) is 13. The van der Waals surface area contributed by atoms with Gasteiger partial charge in [0.05, 0.1) is 13.2 Å². The molecule has 468 valence electrons. The molecule has 2 fully saturated rings. The maximum atomic E-state index is 12.6. The van der Waals surface area contributed by atoms with E-state index in [0.717, 1.165) is 57.8 Å². The van der Waals surface area contributed by atoms with Crippen molar-refractivity contribution in [3.63, 3.8) is 0 Å². The number of aliphatic hydroxyl groups excluding tert-OH is 5. The topological polar surface area (TPSA) is 199 Å². The Balaban J connectivity index is 0.000000887. The third-order valence-electron chi connectivity index (χ3n) is 16.2. The summed E-state index contributed by atoms with van der Waals surface area (Å²) in [6.07, 6.45) is 49.9. The average Bonchev–Trinajstić information content (AvgIpc) is 3.98. The fourth-order valence-corrected chi connectivity index (χ4v) is 10.9. The molecule has 2 aliphatic heterocycles. The van der Waals surface area contributed by atoms with Gasteiger partial charge in [-0.05, 0) is 19.3 Å². The highest BCUT2D eigenvalue weighted by Gasteiger charge is 2.42. The summed E-state index contributed by atoms with van der Waals surface area (Å²) in [6.45, 7) is 6.35. The molecule has 0 spiro atoms. The second-order valence-electron chi connectivity index (χ2n) is 23.8. The van der Waals surface area contributed by atoms with Crippen LogP contribution in [0.3, 0.4) is 0 Å². The third-order valence-corrected chi connectivity index (χ3v) is 16.2. The van der Waals surface area contributed by atoms with Gasteiger partial charge < -0.3 is 49.2 Å². The molecule has 0 aromatic heterocycles. The zero-order valence-corrected chi connectivity index (χ0v) is 51.4. The Hall–Kier alpha value is -1.87. The Morgan fingerprint density at radius 2 is 0.595 bits per heavy atom. The number of carbonyl (C=O) groups is 3. The first-order valence-corrected chi connectivity index (χ1v) is 33.7. The van der Waals surface area contributed by atoms with Crippen molar-refractivity contribution >= 4 is 17.9 Å². The molecule has 5 N–H and O–H groups in total. The molecule has 2 heterocycles. The second kappa shape index (κ2) is 55.3. The summed E-state index contributed by atoms with van der Waals surface area (Å²) < 4.78 is 26.8. The van der Waals surface area contributed by atoms with Crippen LogP contribution in [-0.4, -0.2) is 119 Å². The molecular weight excluding hydrogens is 1000 g/mol. The van der Waals surface area contributed by atoms with Crippen LogP contribution >= 0.6 is 0 Å². The highest BCUT2D eigenvalue weighted by atomic mass is 16.6. The minimum atomic E-state index is -1.18. The Kier molecular flexibility index (Phi) is 52.6. The zero-order valence-electron chi connectivity index (χ0n) is 51.4. The lowest BCUT2D eigenvalue weighted by Crippen LogP contribution is -2.44. The molecule has 8 atom stereocenters. The summed E-state index contributed by atoms with van der Waals surface area (Å²) in [6, 6.07) is 0. The smallest absolute Gasteiger partial charge is 0.306 e. The largest absolute Gasteiger partial charge is 0.463 e. The predicted octanol–water partition coefficient (Wildman–Crippen LogP) is 15.4. The molecule has 2 unspecified atom stereocenters. The van der Waals surface area contributed by atoms with Gasteiger partial charge in [0.1, 0.15) is 55.9 Å². The van der Waals surface area contributed by atoms with Crippen LogP contribution in [0.2, 0.25) is 0 Å². The molecular formula is C66H126O13. The first-order chi connectivity index (χ1) is 38.5. The molecule has 2 aliphatic rings.